The lowest BCUT2D eigenvalue weighted by Crippen LogP contribution is -1.87. The molecule has 4 rings (SSSR count). The molecule has 20 heavy (non-hydrogen) atoms. The number of aryl methyl sites for hydroxylation is 2. The molecule has 0 radical (unpaired) electrons. The molecule has 0 spiro atoms. The normalized spacial score (nSPS) is 11.5. The maximum absolute atomic E-state index is 2.31. The summed E-state index contributed by atoms with van der Waals surface area (Å²) in [6.45, 7) is 4.43. The van der Waals surface area contributed by atoms with E-state index in [1.54, 1.807) is 0 Å². The van der Waals surface area contributed by atoms with Gasteiger partial charge in [0.1, 0.15) is 0 Å². The summed E-state index contributed by atoms with van der Waals surface area (Å²) >= 11 is 0. The summed E-state index contributed by atoms with van der Waals surface area (Å²) in [7, 11) is 0. The van der Waals surface area contributed by atoms with Gasteiger partial charge in [0.15, 0.2) is 0 Å². The van der Waals surface area contributed by atoms with E-state index >= 15 is 0 Å². The summed E-state index contributed by atoms with van der Waals surface area (Å²) in [5.41, 5.74) is 2.71. The van der Waals surface area contributed by atoms with Gasteiger partial charge in [-0.05, 0) is 57.3 Å². The van der Waals surface area contributed by atoms with Crippen molar-refractivity contribution in [3.05, 3.63) is 71.8 Å². The maximum Gasteiger partial charge on any atom is -0.00670 e. The van der Waals surface area contributed by atoms with Gasteiger partial charge in [-0.2, -0.15) is 0 Å². The molecule has 4 aromatic carbocycles. The standard InChI is InChI=1S/C20H16/c1-13-6-5-8-15-10-11-18-17-9-4-3-7-16(17)12-14(2)20(18)19(13)15/h3-12H,1-2H3. The van der Waals surface area contributed by atoms with E-state index in [0.717, 1.165) is 0 Å². The first-order valence-corrected chi connectivity index (χ1v) is 7.06. The van der Waals surface area contributed by atoms with Gasteiger partial charge in [-0.1, -0.05) is 60.7 Å². The highest BCUT2D eigenvalue weighted by Crippen LogP contribution is 2.35. The van der Waals surface area contributed by atoms with Gasteiger partial charge in [0, 0.05) is 0 Å². The van der Waals surface area contributed by atoms with Gasteiger partial charge < -0.3 is 0 Å². The minimum Gasteiger partial charge on any atom is -0.0616 e. The van der Waals surface area contributed by atoms with Crippen molar-refractivity contribution in [2.75, 3.05) is 0 Å². The van der Waals surface area contributed by atoms with E-state index in [1.165, 1.54) is 43.4 Å². The lowest BCUT2D eigenvalue weighted by atomic mass is 9.92. The van der Waals surface area contributed by atoms with E-state index in [9.17, 15) is 0 Å². The van der Waals surface area contributed by atoms with Crippen LogP contribution in [0.1, 0.15) is 11.1 Å². The first-order valence-electron chi connectivity index (χ1n) is 7.06. The number of benzene rings is 4. The van der Waals surface area contributed by atoms with Crippen molar-refractivity contribution in [1.82, 2.24) is 0 Å². The van der Waals surface area contributed by atoms with Crippen LogP contribution in [0, 0.1) is 13.8 Å². The number of fused-ring (bicyclic) bond motifs is 5. The van der Waals surface area contributed by atoms with Gasteiger partial charge in [-0.25, -0.2) is 0 Å². The molecule has 0 aliphatic heterocycles. The molecule has 0 heterocycles. The van der Waals surface area contributed by atoms with E-state index in [4.69, 9.17) is 0 Å². The van der Waals surface area contributed by atoms with Crippen LogP contribution >= 0.6 is 0 Å². The molecule has 0 bridgehead atoms. The summed E-state index contributed by atoms with van der Waals surface area (Å²) in [5.74, 6) is 0. The molecule has 0 amide bonds. The highest BCUT2D eigenvalue weighted by Gasteiger charge is 2.08. The molecule has 0 aliphatic carbocycles. The molecule has 0 heteroatoms. The molecule has 0 saturated heterocycles. The van der Waals surface area contributed by atoms with Crippen molar-refractivity contribution in [3.8, 4) is 0 Å². The molecule has 4 aromatic rings. The lowest BCUT2D eigenvalue weighted by molar-refractivity contribution is 1.52. The first kappa shape index (κ1) is 11.5. The highest BCUT2D eigenvalue weighted by molar-refractivity contribution is 6.19. The van der Waals surface area contributed by atoms with Gasteiger partial charge in [0.05, 0.1) is 0 Å². The van der Waals surface area contributed by atoms with Gasteiger partial charge in [0.2, 0.25) is 0 Å². The number of rotatable bonds is 0. The molecule has 96 valence electrons. The van der Waals surface area contributed by atoms with E-state index in [2.05, 4.69) is 74.5 Å². The van der Waals surface area contributed by atoms with Crippen molar-refractivity contribution in [3.63, 3.8) is 0 Å². The predicted molar refractivity (Wildman–Crippen MR) is 88.4 cm³/mol. The van der Waals surface area contributed by atoms with Gasteiger partial charge in [-0.3, -0.25) is 0 Å². The molecule has 0 aliphatic rings. The lowest BCUT2D eigenvalue weighted by Gasteiger charge is -2.12. The van der Waals surface area contributed by atoms with Crippen LogP contribution < -0.4 is 0 Å². The Hall–Kier alpha value is -2.34. The zero-order valence-electron chi connectivity index (χ0n) is 11.8. The molecular formula is C20H16. The van der Waals surface area contributed by atoms with Gasteiger partial charge in [-0.15, -0.1) is 0 Å². The van der Waals surface area contributed by atoms with Crippen LogP contribution in [0.25, 0.3) is 32.3 Å². The van der Waals surface area contributed by atoms with Crippen molar-refractivity contribution >= 4 is 32.3 Å². The fourth-order valence-electron chi connectivity index (χ4n) is 3.37. The van der Waals surface area contributed by atoms with Crippen LogP contribution in [0.5, 0.6) is 0 Å². The van der Waals surface area contributed by atoms with Crippen LogP contribution in [0.4, 0.5) is 0 Å². The van der Waals surface area contributed by atoms with E-state index in [0.29, 0.717) is 0 Å². The Kier molecular flexibility index (Phi) is 2.34. The summed E-state index contributed by atoms with van der Waals surface area (Å²) in [5, 5.41) is 8.16. The zero-order valence-corrected chi connectivity index (χ0v) is 11.8. The Morgan fingerprint density at radius 2 is 1.35 bits per heavy atom. The Balaban J connectivity index is 2.37. The van der Waals surface area contributed by atoms with Crippen LogP contribution in [-0.4, -0.2) is 0 Å². The van der Waals surface area contributed by atoms with E-state index in [1.807, 2.05) is 0 Å². The van der Waals surface area contributed by atoms with Crippen molar-refractivity contribution < 1.29 is 0 Å². The number of hydrogen-bond acceptors (Lipinski definition) is 0. The van der Waals surface area contributed by atoms with Crippen LogP contribution in [0.15, 0.2) is 60.7 Å². The second-order valence-corrected chi connectivity index (χ2v) is 5.58. The predicted octanol–water partition coefficient (Wildman–Crippen LogP) is 5.76. The third-order valence-corrected chi connectivity index (χ3v) is 4.27. The molecular weight excluding hydrogens is 240 g/mol. The Labute approximate surface area is 118 Å². The molecule has 0 nitrogen and oxygen atoms in total. The molecule has 0 atom stereocenters. The van der Waals surface area contributed by atoms with Crippen LogP contribution in [0.3, 0.4) is 0 Å². The molecule has 0 N–H and O–H groups in total. The molecule has 0 unspecified atom stereocenters. The molecule has 0 fully saturated rings. The summed E-state index contributed by atoms with van der Waals surface area (Å²) in [6.07, 6.45) is 0. The third-order valence-electron chi connectivity index (χ3n) is 4.27. The SMILES string of the molecule is Cc1cccc2ccc3c4ccccc4cc(C)c3c12. The minimum absolute atomic E-state index is 1.32. The monoisotopic (exact) mass is 256 g/mol. The Morgan fingerprint density at radius 1 is 0.550 bits per heavy atom. The first-order chi connectivity index (χ1) is 9.75. The van der Waals surface area contributed by atoms with E-state index < -0.39 is 0 Å². The largest absolute Gasteiger partial charge is 0.0616 e. The van der Waals surface area contributed by atoms with Gasteiger partial charge in [0.25, 0.3) is 0 Å². The number of hydrogen-bond donors (Lipinski definition) is 0. The van der Waals surface area contributed by atoms with E-state index in [-0.39, 0.29) is 0 Å². The van der Waals surface area contributed by atoms with Crippen molar-refractivity contribution in [2.24, 2.45) is 0 Å². The maximum atomic E-state index is 2.31. The quantitative estimate of drug-likeness (QED) is 0.351. The minimum atomic E-state index is 1.32. The van der Waals surface area contributed by atoms with Gasteiger partial charge >= 0.3 is 0 Å². The fraction of sp³-hybridized carbons (Fsp3) is 0.100. The second-order valence-electron chi connectivity index (χ2n) is 5.58. The average Bonchev–Trinajstić information content (AvgIpc) is 2.47. The van der Waals surface area contributed by atoms with Crippen LogP contribution in [0.2, 0.25) is 0 Å². The second kappa shape index (κ2) is 4.08. The summed E-state index contributed by atoms with van der Waals surface area (Å²) < 4.78 is 0. The van der Waals surface area contributed by atoms with Crippen molar-refractivity contribution in [1.29, 1.82) is 0 Å². The summed E-state index contributed by atoms with van der Waals surface area (Å²) in [4.78, 5) is 0. The summed E-state index contributed by atoms with van der Waals surface area (Å²) in [6, 6.07) is 22.0. The highest BCUT2D eigenvalue weighted by atomic mass is 14.1. The van der Waals surface area contributed by atoms with Crippen molar-refractivity contribution in [2.45, 2.75) is 13.8 Å². The Morgan fingerprint density at radius 3 is 2.25 bits per heavy atom. The third kappa shape index (κ3) is 1.48. The fourth-order valence-corrected chi connectivity index (χ4v) is 3.37. The van der Waals surface area contributed by atoms with Crippen LogP contribution in [-0.2, 0) is 0 Å². The Bertz CT molecular complexity index is 962. The topological polar surface area (TPSA) is 0 Å². The smallest absolute Gasteiger partial charge is 0.00670 e. The average molecular weight is 256 g/mol. The zero-order chi connectivity index (χ0) is 13.7. The molecule has 0 saturated carbocycles. The molecule has 0 aromatic heterocycles.